The molecule has 0 unspecified atom stereocenters. The van der Waals surface area contributed by atoms with Crippen molar-refractivity contribution in [3.63, 3.8) is 0 Å². The molecule has 1 aromatic rings. The third kappa shape index (κ3) is 3.56. The summed E-state index contributed by atoms with van der Waals surface area (Å²) in [5, 5.41) is 2.65. The number of hydrogen-bond acceptors (Lipinski definition) is 2. The lowest BCUT2D eigenvalue weighted by Crippen LogP contribution is -2.44. The minimum atomic E-state index is -0.295. The lowest BCUT2D eigenvalue weighted by Gasteiger charge is -2.26. The molecule has 96 valence electrons. The summed E-state index contributed by atoms with van der Waals surface area (Å²) in [5.41, 5.74) is 0.706. The number of nitrogens with one attached hydrogen (secondary N) is 1. The van der Waals surface area contributed by atoms with E-state index in [4.69, 9.17) is 4.74 Å². The number of amides is 2. The highest BCUT2D eigenvalue weighted by Crippen LogP contribution is 2.04. The van der Waals surface area contributed by atoms with E-state index in [1.807, 2.05) is 0 Å². The number of nitrogens with zero attached hydrogens (tertiary/aromatic N) is 1. The second-order valence-corrected chi connectivity index (χ2v) is 3.94. The number of carbonyl (C=O) groups is 1. The van der Waals surface area contributed by atoms with Gasteiger partial charge in [-0.2, -0.15) is 0 Å². The van der Waals surface area contributed by atoms with Crippen molar-refractivity contribution in [1.82, 2.24) is 10.2 Å². The summed E-state index contributed by atoms with van der Waals surface area (Å²) in [5.74, 6) is -0.295. The van der Waals surface area contributed by atoms with E-state index in [-0.39, 0.29) is 11.8 Å². The van der Waals surface area contributed by atoms with Gasteiger partial charge in [-0.15, -0.1) is 0 Å². The summed E-state index contributed by atoms with van der Waals surface area (Å²) < 4.78 is 18.1. The lowest BCUT2D eigenvalue weighted by atomic mass is 10.2. The third-order valence-corrected chi connectivity index (χ3v) is 2.63. The quantitative estimate of drug-likeness (QED) is 0.870. The van der Waals surface area contributed by atoms with Gasteiger partial charge in [0.15, 0.2) is 0 Å². The molecular formula is C13H15FN2O2. The van der Waals surface area contributed by atoms with Crippen molar-refractivity contribution >= 4 is 12.1 Å². The van der Waals surface area contributed by atoms with Crippen molar-refractivity contribution in [1.29, 1.82) is 0 Å². The lowest BCUT2D eigenvalue weighted by molar-refractivity contribution is 0.0540. The van der Waals surface area contributed by atoms with Crippen LogP contribution in [0.4, 0.5) is 9.18 Å². The Balaban J connectivity index is 1.85. The fourth-order valence-corrected chi connectivity index (χ4v) is 1.68. The van der Waals surface area contributed by atoms with Gasteiger partial charge in [0.05, 0.1) is 13.2 Å². The highest BCUT2D eigenvalue weighted by Gasteiger charge is 2.14. The number of morpholine rings is 1. The van der Waals surface area contributed by atoms with Crippen molar-refractivity contribution in [2.75, 3.05) is 26.3 Å². The molecule has 1 N–H and O–H groups in total. The van der Waals surface area contributed by atoms with Crippen molar-refractivity contribution < 1.29 is 13.9 Å². The van der Waals surface area contributed by atoms with Gasteiger partial charge >= 0.3 is 6.03 Å². The Kier molecular flexibility index (Phi) is 4.30. The Hall–Kier alpha value is -1.88. The van der Waals surface area contributed by atoms with Crippen molar-refractivity contribution in [3.05, 3.63) is 41.8 Å². The Morgan fingerprint density at radius 2 is 2.17 bits per heavy atom. The molecular weight excluding hydrogens is 235 g/mol. The van der Waals surface area contributed by atoms with Crippen LogP contribution < -0.4 is 5.32 Å². The first kappa shape index (κ1) is 12.6. The van der Waals surface area contributed by atoms with Gasteiger partial charge in [-0.25, -0.2) is 9.18 Å². The van der Waals surface area contributed by atoms with E-state index >= 15 is 0 Å². The second-order valence-electron chi connectivity index (χ2n) is 3.94. The maximum Gasteiger partial charge on any atom is 0.321 e. The van der Waals surface area contributed by atoms with E-state index in [1.165, 1.54) is 18.3 Å². The normalized spacial score (nSPS) is 15.9. The zero-order valence-corrected chi connectivity index (χ0v) is 9.93. The standard InChI is InChI=1S/C13H15FN2O2/c14-12-3-1-2-11(10-12)4-5-15-13(17)16-6-8-18-9-7-16/h1-5,10H,6-9H2,(H,15,17)/b5-4+. The summed E-state index contributed by atoms with van der Waals surface area (Å²) >= 11 is 0. The Morgan fingerprint density at radius 1 is 1.39 bits per heavy atom. The van der Waals surface area contributed by atoms with Crippen LogP contribution in [-0.2, 0) is 4.74 Å². The number of carbonyl (C=O) groups excluding carboxylic acids is 1. The van der Waals surface area contributed by atoms with E-state index < -0.39 is 0 Å². The largest absolute Gasteiger partial charge is 0.378 e. The van der Waals surface area contributed by atoms with E-state index in [2.05, 4.69) is 5.32 Å². The van der Waals surface area contributed by atoms with Gasteiger partial charge in [0.1, 0.15) is 5.82 Å². The summed E-state index contributed by atoms with van der Waals surface area (Å²) in [4.78, 5) is 13.4. The smallest absolute Gasteiger partial charge is 0.321 e. The van der Waals surface area contributed by atoms with Gasteiger partial charge in [0.2, 0.25) is 0 Å². The molecule has 0 aliphatic carbocycles. The molecule has 1 heterocycles. The maximum atomic E-state index is 12.9. The predicted molar refractivity (Wildman–Crippen MR) is 66.4 cm³/mol. The fraction of sp³-hybridized carbons (Fsp3) is 0.308. The van der Waals surface area contributed by atoms with E-state index in [0.717, 1.165) is 0 Å². The molecule has 0 aromatic heterocycles. The SMILES string of the molecule is O=C(N/C=C/c1cccc(F)c1)N1CCOCC1. The van der Waals surface area contributed by atoms with Crippen LogP contribution in [0, 0.1) is 5.82 Å². The van der Waals surface area contributed by atoms with Gasteiger partial charge in [-0.1, -0.05) is 12.1 Å². The average Bonchev–Trinajstić information content (AvgIpc) is 2.40. The van der Waals surface area contributed by atoms with Crippen molar-refractivity contribution in [3.8, 4) is 0 Å². The van der Waals surface area contributed by atoms with Crippen molar-refractivity contribution in [2.45, 2.75) is 0 Å². The minimum absolute atomic E-state index is 0.161. The monoisotopic (exact) mass is 250 g/mol. The minimum Gasteiger partial charge on any atom is -0.378 e. The number of hydrogen-bond donors (Lipinski definition) is 1. The molecule has 1 aliphatic heterocycles. The third-order valence-electron chi connectivity index (χ3n) is 2.63. The van der Waals surface area contributed by atoms with Crippen LogP contribution >= 0.6 is 0 Å². The summed E-state index contributed by atoms with van der Waals surface area (Å²) in [6.07, 6.45) is 3.17. The molecule has 1 saturated heterocycles. The van der Waals surface area contributed by atoms with Crippen LogP contribution in [0.15, 0.2) is 30.5 Å². The first-order chi connectivity index (χ1) is 8.75. The molecule has 4 nitrogen and oxygen atoms in total. The summed E-state index contributed by atoms with van der Waals surface area (Å²) in [6.45, 7) is 2.33. The molecule has 1 fully saturated rings. The number of benzene rings is 1. The topological polar surface area (TPSA) is 41.6 Å². The van der Waals surface area contributed by atoms with Gasteiger partial charge in [0.25, 0.3) is 0 Å². The molecule has 5 heteroatoms. The number of rotatable bonds is 2. The molecule has 18 heavy (non-hydrogen) atoms. The Labute approximate surface area is 105 Å². The summed E-state index contributed by atoms with van der Waals surface area (Å²) in [6, 6.07) is 6.01. The summed E-state index contributed by atoms with van der Waals surface area (Å²) in [7, 11) is 0. The number of urea groups is 1. The predicted octanol–water partition coefficient (Wildman–Crippen LogP) is 1.84. The maximum absolute atomic E-state index is 12.9. The highest BCUT2D eigenvalue weighted by atomic mass is 19.1. The molecule has 1 aliphatic rings. The fourth-order valence-electron chi connectivity index (χ4n) is 1.68. The molecule has 2 rings (SSSR count). The number of halogens is 1. The van der Waals surface area contributed by atoms with E-state index in [1.54, 1.807) is 23.1 Å². The van der Waals surface area contributed by atoms with Crippen LogP contribution in [0.5, 0.6) is 0 Å². The van der Waals surface area contributed by atoms with Gasteiger partial charge in [-0.3, -0.25) is 0 Å². The molecule has 1 aromatic carbocycles. The average molecular weight is 250 g/mol. The molecule has 0 radical (unpaired) electrons. The van der Waals surface area contributed by atoms with E-state index in [0.29, 0.717) is 31.9 Å². The highest BCUT2D eigenvalue weighted by molar-refractivity contribution is 5.76. The Bertz CT molecular complexity index is 442. The van der Waals surface area contributed by atoms with Gasteiger partial charge in [-0.05, 0) is 23.8 Å². The molecule has 2 amide bonds. The molecule has 0 atom stereocenters. The molecule has 0 saturated carbocycles. The first-order valence-corrected chi connectivity index (χ1v) is 5.81. The van der Waals surface area contributed by atoms with Crippen LogP contribution in [-0.4, -0.2) is 37.2 Å². The zero-order chi connectivity index (χ0) is 12.8. The van der Waals surface area contributed by atoms with Crippen LogP contribution in [0.1, 0.15) is 5.56 Å². The second kappa shape index (κ2) is 6.16. The van der Waals surface area contributed by atoms with Crippen LogP contribution in [0.3, 0.4) is 0 Å². The van der Waals surface area contributed by atoms with Crippen molar-refractivity contribution in [2.24, 2.45) is 0 Å². The van der Waals surface area contributed by atoms with Crippen LogP contribution in [0.2, 0.25) is 0 Å². The molecule has 0 spiro atoms. The van der Waals surface area contributed by atoms with Gasteiger partial charge in [0, 0.05) is 19.3 Å². The zero-order valence-electron chi connectivity index (χ0n) is 9.93. The molecule has 0 bridgehead atoms. The van der Waals surface area contributed by atoms with Gasteiger partial charge < -0.3 is 15.0 Å². The van der Waals surface area contributed by atoms with Crippen LogP contribution in [0.25, 0.3) is 6.08 Å². The number of ether oxygens (including phenoxy) is 1. The Morgan fingerprint density at radius 3 is 2.89 bits per heavy atom. The first-order valence-electron chi connectivity index (χ1n) is 5.81. The van der Waals surface area contributed by atoms with E-state index in [9.17, 15) is 9.18 Å².